The van der Waals surface area contributed by atoms with Gasteiger partial charge in [-0.15, -0.1) is 0 Å². The van der Waals surface area contributed by atoms with Gasteiger partial charge in [-0.2, -0.15) is 0 Å². The molecule has 0 aliphatic carbocycles. The van der Waals surface area contributed by atoms with Gasteiger partial charge in [-0.05, 0) is 34.2 Å². The molecule has 3 nitrogen and oxygen atoms in total. The van der Waals surface area contributed by atoms with E-state index in [0.717, 1.165) is 16.9 Å². The Morgan fingerprint density at radius 2 is 1.26 bits per heavy atom. The Morgan fingerprint density at radius 3 is 1.65 bits per heavy atom. The van der Waals surface area contributed by atoms with Gasteiger partial charge in [0.15, 0.2) is 0 Å². The third-order valence-electron chi connectivity index (χ3n) is 4.11. The Morgan fingerprint density at radius 1 is 0.826 bits per heavy atom. The minimum atomic E-state index is -0.710. The molecule has 2 rings (SSSR count). The van der Waals surface area contributed by atoms with E-state index in [1.165, 1.54) is 5.56 Å². The highest BCUT2D eigenvalue weighted by Crippen LogP contribution is 2.29. The standard InChI is InChI=1S/C20H26O3/c1-20(2,3)16-9-5-14(6-10-16)18(21)13-19(22)15-7-11-17(23-4)12-8-15/h5-12,18-19,21-22H,13H2,1-4H3/t18-,19-/m1/s1. The first-order chi connectivity index (χ1) is 10.8. The Hall–Kier alpha value is -1.84. The van der Waals surface area contributed by atoms with Crippen LogP contribution in [0.3, 0.4) is 0 Å². The van der Waals surface area contributed by atoms with E-state index in [0.29, 0.717) is 0 Å². The summed E-state index contributed by atoms with van der Waals surface area (Å²) < 4.78 is 5.11. The van der Waals surface area contributed by atoms with Crippen LogP contribution in [0, 0.1) is 0 Å². The summed E-state index contributed by atoms with van der Waals surface area (Å²) in [5.74, 6) is 0.749. The average Bonchev–Trinajstić information content (AvgIpc) is 2.54. The van der Waals surface area contributed by atoms with Crippen molar-refractivity contribution in [2.24, 2.45) is 0 Å². The van der Waals surface area contributed by atoms with Gasteiger partial charge < -0.3 is 14.9 Å². The third kappa shape index (κ3) is 4.57. The molecule has 0 heterocycles. The molecule has 0 amide bonds. The summed E-state index contributed by atoms with van der Waals surface area (Å²) in [6, 6.07) is 15.2. The molecule has 2 aromatic carbocycles. The van der Waals surface area contributed by atoms with Crippen molar-refractivity contribution in [2.75, 3.05) is 7.11 Å². The van der Waals surface area contributed by atoms with E-state index in [1.807, 2.05) is 48.5 Å². The first kappa shape index (κ1) is 17.5. The number of aliphatic hydroxyl groups excluding tert-OH is 2. The first-order valence-electron chi connectivity index (χ1n) is 7.92. The second-order valence-corrected chi connectivity index (χ2v) is 6.91. The number of hydrogen-bond donors (Lipinski definition) is 2. The highest BCUT2D eigenvalue weighted by molar-refractivity contribution is 5.30. The monoisotopic (exact) mass is 314 g/mol. The highest BCUT2D eigenvalue weighted by atomic mass is 16.5. The molecule has 0 aliphatic rings. The molecule has 23 heavy (non-hydrogen) atoms. The molecule has 0 fully saturated rings. The summed E-state index contributed by atoms with van der Waals surface area (Å²) >= 11 is 0. The lowest BCUT2D eigenvalue weighted by molar-refractivity contribution is 0.0804. The summed E-state index contributed by atoms with van der Waals surface area (Å²) in [4.78, 5) is 0. The fourth-order valence-corrected chi connectivity index (χ4v) is 2.51. The van der Waals surface area contributed by atoms with E-state index in [-0.39, 0.29) is 11.8 Å². The zero-order valence-electron chi connectivity index (χ0n) is 14.3. The molecule has 0 aliphatic heterocycles. The molecule has 2 aromatic rings. The van der Waals surface area contributed by atoms with Crippen LogP contribution in [-0.2, 0) is 5.41 Å². The van der Waals surface area contributed by atoms with Gasteiger partial charge in [0.05, 0.1) is 19.3 Å². The summed E-state index contributed by atoms with van der Waals surface area (Å²) in [5.41, 5.74) is 2.91. The summed E-state index contributed by atoms with van der Waals surface area (Å²) in [7, 11) is 1.61. The normalized spacial score (nSPS) is 14.3. The maximum atomic E-state index is 10.4. The lowest BCUT2D eigenvalue weighted by atomic mass is 9.86. The number of benzene rings is 2. The van der Waals surface area contributed by atoms with Crippen LogP contribution in [0.4, 0.5) is 0 Å². The van der Waals surface area contributed by atoms with Gasteiger partial charge in [-0.25, -0.2) is 0 Å². The topological polar surface area (TPSA) is 49.7 Å². The second-order valence-electron chi connectivity index (χ2n) is 6.91. The Labute approximate surface area is 138 Å². The molecule has 2 N–H and O–H groups in total. The molecule has 2 atom stereocenters. The van der Waals surface area contributed by atoms with E-state index in [9.17, 15) is 10.2 Å². The molecule has 0 aromatic heterocycles. The van der Waals surface area contributed by atoms with Gasteiger partial charge in [0.2, 0.25) is 0 Å². The van der Waals surface area contributed by atoms with Crippen LogP contribution in [0.1, 0.15) is 56.1 Å². The quantitative estimate of drug-likeness (QED) is 0.871. The average molecular weight is 314 g/mol. The van der Waals surface area contributed by atoms with Gasteiger partial charge >= 0.3 is 0 Å². The molecule has 0 spiro atoms. The number of hydrogen-bond acceptors (Lipinski definition) is 3. The van der Waals surface area contributed by atoms with E-state index in [4.69, 9.17) is 4.74 Å². The fourth-order valence-electron chi connectivity index (χ4n) is 2.51. The van der Waals surface area contributed by atoms with Crippen molar-refractivity contribution in [3.8, 4) is 5.75 Å². The van der Waals surface area contributed by atoms with E-state index in [1.54, 1.807) is 7.11 Å². The van der Waals surface area contributed by atoms with Crippen molar-refractivity contribution < 1.29 is 14.9 Å². The molecule has 0 unspecified atom stereocenters. The van der Waals surface area contributed by atoms with Gasteiger partial charge in [-0.1, -0.05) is 57.2 Å². The van der Waals surface area contributed by atoms with Crippen LogP contribution >= 0.6 is 0 Å². The molecule has 0 saturated heterocycles. The van der Waals surface area contributed by atoms with E-state index in [2.05, 4.69) is 20.8 Å². The maximum absolute atomic E-state index is 10.4. The number of ether oxygens (including phenoxy) is 1. The van der Waals surface area contributed by atoms with Crippen LogP contribution in [0.25, 0.3) is 0 Å². The van der Waals surface area contributed by atoms with Gasteiger partial charge in [0.1, 0.15) is 5.75 Å². The predicted octanol–water partition coefficient (Wildman–Crippen LogP) is 4.15. The van der Waals surface area contributed by atoms with Gasteiger partial charge in [-0.3, -0.25) is 0 Å². The Bertz CT molecular complexity index is 609. The van der Waals surface area contributed by atoms with Crippen LogP contribution in [0.5, 0.6) is 5.75 Å². The molecular weight excluding hydrogens is 288 g/mol. The number of rotatable bonds is 5. The highest BCUT2D eigenvalue weighted by Gasteiger charge is 2.17. The lowest BCUT2D eigenvalue weighted by Gasteiger charge is -2.21. The summed E-state index contributed by atoms with van der Waals surface area (Å²) in [6.07, 6.45) is -1.14. The maximum Gasteiger partial charge on any atom is 0.118 e. The van der Waals surface area contributed by atoms with E-state index < -0.39 is 12.2 Å². The minimum Gasteiger partial charge on any atom is -0.497 e. The Balaban J connectivity index is 2.04. The van der Waals surface area contributed by atoms with Gasteiger partial charge in [0, 0.05) is 6.42 Å². The van der Waals surface area contributed by atoms with Crippen LogP contribution in [0.15, 0.2) is 48.5 Å². The smallest absolute Gasteiger partial charge is 0.118 e. The second kappa shape index (κ2) is 7.16. The Kier molecular flexibility index (Phi) is 5.45. The summed E-state index contributed by atoms with van der Waals surface area (Å²) in [5, 5.41) is 20.7. The van der Waals surface area contributed by atoms with E-state index >= 15 is 0 Å². The van der Waals surface area contributed by atoms with Crippen molar-refractivity contribution in [2.45, 2.75) is 44.8 Å². The molecule has 3 heteroatoms. The van der Waals surface area contributed by atoms with Crippen molar-refractivity contribution >= 4 is 0 Å². The zero-order chi connectivity index (χ0) is 17.0. The number of methoxy groups -OCH3 is 1. The molecular formula is C20H26O3. The largest absolute Gasteiger partial charge is 0.497 e. The first-order valence-corrected chi connectivity index (χ1v) is 7.92. The van der Waals surface area contributed by atoms with Crippen LogP contribution in [-0.4, -0.2) is 17.3 Å². The lowest BCUT2D eigenvalue weighted by Crippen LogP contribution is -2.11. The van der Waals surface area contributed by atoms with Crippen molar-refractivity contribution in [3.05, 3.63) is 65.2 Å². The molecule has 0 bridgehead atoms. The molecule has 0 radical (unpaired) electrons. The van der Waals surface area contributed by atoms with Crippen LogP contribution < -0.4 is 4.74 Å². The molecule has 0 saturated carbocycles. The zero-order valence-corrected chi connectivity index (χ0v) is 14.3. The predicted molar refractivity (Wildman–Crippen MR) is 92.7 cm³/mol. The van der Waals surface area contributed by atoms with Crippen LogP contribution in [0.2, 0.25) is 0 Å². The minimum absolute atomic E-state index is 0.0894. The van der Waals surface area contributed by atoms with Gasteiger partial charge in [0.25, 0.3) is 0 Å². The fraction of sp³-hybridized carbons (Fsp3) is 0.400. The van der Waals surface area contributed by atoms with Crippen molar-refractivity contribution in [1.82, 2.24) is 0 Å². The SMILES string of the molecule is COc1ccc([C@H](O)C[C@@H](O)c2ccc(C(C)(C)C)cc2)cc1. The third-order valence-corrected chi connectivity index (χ3v) is 4.11. The van der Waals surface area contributed by atoms with Crippen molar-refractivity contribution in [1.29, 1.82) is 0 Å². The summed E-state index contributed by atoms with van der Waals surface area (Å²) in [6.45, 7) is 6.48. The molecule has 124 valence electrons. The number of aliphatic hydroxyl groups is 2. The van der Waals surface area contributed by atoms with Crippen molar-refractivity contribution in [3.63, 3.8) is 0 Å².